The number of H-pyrrole nitrogens is 1. The van der Waals surface area contributed by atoms with Gasteiger partial charge in [-0.25, -0.2) is 9.78 Å². The molecule has 0 spiro atoms. The lowest BCUT2D eigenvalue weighted by atomic mass is 9.96. The molecule has 2 rings (SSSR count). The molecule has 25 heavy (non-hydrogen) atoms. The maximum atomic E-state index is 11.7. The van der Waals surface area contributed by atoms with Crippen molar-refractivity contribution >= 4 is 22.0 Å². The summed E-state index contributed by atoms with van der Waals surface area (Å²) in [7, 11) is 1.32. The fourth-order valence-corrected chi connectivity index (χ4v) is 3.54. The van der Waals surface area contributed by atoms with Gasteiger partial charge in [-0.1, -0.05) is 33.8 Å². The van der Waals surface area contributed by atoms with Crippen LogP contribution in [0.4, 0.5) is 4.79 Å². The highest BCUT2D eigenvalue weighted by atomic mass is 79.9. The summed E-state index contributed by atoms with van der Waals surface area (Å²) in [6.45, 7) is 10.9. The van der Waals surface area contributed by atoms with Gasteiger partial charge in [0.1, 0.15) is 16.7 Å². The van der Waals surface area contributed by atoms with E-state index in [2.05, 4.69) is 44.7 Å². The number of aromatic amines is 1. The molecule has 3 N–H and O–H groups in total. The summed E-state index contributed by atoms with van der Waals surface area (Å²) in [6.07, 6.45) is 1.07. The Morgan fingerprint density at radius 3 is 2.88 bits per heavy atom. The number of hydrogen-bond donors (Lipinski definition) is 3. The molecule has 1 aromatic heterocycles. The Balaban J connectivity index is 2.30. The Morgan fingerprint density at radius 2 is 2.36 bits per heavy atom. The molecule has 1 saturated heterocycles. The smallest absolute Gasteiger partial charge is 0.407 e. The molecule has 0 radical (unpaired) electrons. The van der Waals surface area contributed by atoms with Crippen LogP contribution in [0.25, 0.3) is 0 Å². The van der Waals surface area contributed by atoms with Crippen LogP contribution in [0.5, 0.6) is 0 Å². The number of methoxy groups -OCH3 is 1. The Kier molecular flexibility index (Phi) is 6.65. The minimum atomic E-state index is -0.885. The molecule has 0 saturated carbocycles. The van der Waals surface area contributed by atoms with Crippen molar-refractivity contribution in [2.45, 2.75) is 45.5 Å². The van der Waals surface area contributed by atoms with Gasteiger partial charge in [-0.3, -0.25) is 4.90 Å². The molecular weight excluding hydrogens is 388 g/mol. The van der Waals surface area contributed by atoms with E-state index >= 15 is 0 Å². The zero-order valence-electron chi connectivity index (χ0n) is 15.1. The van der Waals surface area contributed by atoms with Crippen molar-refractivity contribution in [2.24, 2.45) is 11.8 Å². The molecule has 140 valence electrons. The average molecular weight is 415 g/mol. The van der Waals surface area contributed by atoms with Gasteiger partial charge in [0, 0.05) is 6.54 Å². The molecule has 1 aromatic rings. The highest BCUT2D eigenvalue weighted by Crippen LogP contribution is 2.40. The number of nitrogens with zero attached hydrogens (tertiary/aromatic N) is 2. The predicted molar refractivity (Wildman–Crippen MR) is 98.8 cm³/mol. The SMILES string of the molecule is C=C1[C@H](C)CN(C(O)C(NC(=O)OC)C(C)CC)[C@@H]1c1ncc(Br)[nH]1. The summed E-state index contributed by atoms with van der Waals surface area (Å²) >= 11 is 3.37. The van der Waals surface area contributed by atoms with E-state index in [1.54, 1.807) is 6.20 Å². The standard InChI is InChI=1S/C17H27BrN4O3/c1-6-9(2)13(21-17(24)25-5)16(23)22-8-10(3)11(4)14(22)15-19-7-12(18)20-15/h7,9-10,13-14,16,23H,4,6,8H2,1-3,5H3,(H,19,20)(H,21,24)/t9?,10-,13?,14+,16?/m1/s1. The number of imidazole rings is 1. The number of hydrogen-bond acceptors (Lipinski definition) is 5. The van der Waals surface area contributed by atoms with E-state index < -0.39 is 18.4 Å². The third-order valence-corrected chi connectivity index (χ3v) is 5.41. The largest absolute Gasteiger partial charge is 0.453 e. The Hall–Kier alpha value is -1.38. The monoisotopic (exact) mass is 414 g/mol. The van der Waals surface area contributed by atoms with Gasteiger partial charge in [0.25, 0.3) is 0 Å². The van der Waals surface area contributed by atoms with Crippen LogP contribution in [0.3, 0.4) is 0 Å². The maximum Gasteiger partial charge on any atom is 0.407 e. The number of rotatable bonds is 6. The molecule has 1 fully saturated rings. The fraction of sp³-hybridized carbons (Fsp3) is 0.647. The number of likely N-dealkylation sites (tertiary alicyclic amines) is 1. The molecular formula is C17H27BrN4O3. The molecule has 8 heteroatoms. The first-order valence-electron chi connectivity index (χ1n) is 8.47. The molecule has 0 aromatic carbocycles. The summed E-state index contributed by atoms with van der Waals surface area (Å²) < 4.78 is 5.50. The summed E-state index contributed by atoms with van der Waals surface area (Å²) in [4.78, 5) is 21.2. The Morgan fingerprint density at radius 1 is 1.68 bits per heavy atom. The van der Waals surface area contributed by atoms with Crippen LogP contribution in [0.2, 0.25) is 0 Å². The molecule has 0 aliphatic carbocycles. The summed E-state index contributed by atoms with van der Waals surface area (Å²) in [6, 6.07) is -0.696. The Bertz CT molecular complexity index is 621. The number of aliphatic hydroxyl groups is 1. The Labute approximate surface area is 157 Å². The van der Waals surface area contributed by atoms with Crippen LogP contribution >= 0.6 is 15.9 Å². The summed E-state index contributed by atoms with van der Waals surface area (Å²) in [5, 5.41) is 13.9. The van der Waals surface area contributed by atoms with Crippen LogP contribution in [0.1, 0.15) is 39.1 Å². The van der Waals surface area contributed by atoms with E-state index in [1.807, 2.05) is 18.7 Å². The molecule has 3 unspecified atom stereocenters. The molecule has 5 atom stereocenters. The van der Waals surface area contributed by atoms with Crippen LogP contribution in [0, 0.1) is 11.8 Å². The lowest BCUT2D eigenvalue weighted by molar-refractivity contribution is -0.0444. The van der Waals surface area contributed by atoms with E-state index in [0.717, 1.165) is 22.4 Å². The lowest BCUT2D eigenvalue weighted by Gasteiger charge is -2.36. The topological polar surface area (TPSA) is 90.5 Å². The van der Waals surface area contributed by atoms with Crippen LogP contribution in [-0.4, -0.2) is 52.0 Å². The zero-order chi connectivity index (χ0) is 18.7. The van der Waals surface area contributed by atoms with Gasteiger partial charge < -0.3 is 20.1 Å². The molecule has 2 heterocycles. The highest BCUT2D eigenvalue weighted by molar-refractivity contribution is 9.10. The van der Waals surface area contributed by atoms with E-state index in [9.17, 15) is 9.90 Å². The highest BCUT2D eigenvalue weighted by Gasteiger charge is 2.43. The van der Waals surface area contributed by atoms with E-state index in [0.29, 0.717) is 6.54 Å². The number of halogens is 1. The second kappa shape index (κ2) is 8.33. The van der Waals surface area contributed by atoms with Crippen molar-refractivity contribution in [3.8, 4) is 0 Å². The molecule has 1 aliphatic rings. The minimum Gasteiger partial charge on any atom is -0.453 e. The molecule has 1 amide bonds. The number of aromatic nitrogens is 2. The summed E-state index contributed by atoms with van der Waals surface area (Å²) in [5.41, 5.74) is 0.988. The first kappa shape index (κ1) is 19.9. The number of aliphatic hydroxyl groups excluding tert-OH is 1. The van der Waals surface area contributed by atoms with Crippen molar-refractivity contribution in [3.63, 3.8) is 0 Å². The molecule has 0 bridgehead atoms. The normalized spacial score (nSPS) is 24.8. The van der Waals surface area contributed by atoms with Gasteiger partial charge in [-0.15, -0.1) is 0 Å². The van der Waals surface area contributed by atoms with Gasteiger partial charge in [-0.05, 0) is 33.3 Å². The third-order valence-electron chi connectivity index (χ3n) is 5.01. The van der Waals surface area contributed by atoms with E-state index in [1.165, 1.54) is 7.11 Å². The van der Waals surface area contributed by atoms with Gasteiger partial charge >= 0.3 is 6.09 Å². The number of carbonyl (C=O) groups excluding carboxylic acids is 1. The first-order chi connectivity index (χ1) is 11.8. The first-order valence-corrected chi connectivity index (χ1v) is 9.26. The lowest BCUT2D eigenvalue weighted by Crippen LogP contribution is -2.54. The predicted octanol–water partition coefficient (Wildman–Crippen LogP) is 2.81. The number of carbonyl (C=O) groups is 1. The van der Waals surface area contributed by atoms with Crippen LogP contribution in [-0.2, 0) is 4.74 Å². The van der Waals surface area contributed by atoms with Crippen molar-refractivity contribution in [1.82, 2.24) is 20.2 Å². The van der Waals surface area contributed by atoms with E-state index in [-0.39, 0.29) is 17.9 Å². The maximum absolute atomic E-state index is 11.7. The van der Waals surface area contributed by atoms with Gasteiger partial charge in [0.05, 0.1) is 25.4 Å². The number of ether oxygens (including phenoxy) is 1. The summed E-state index contributed by atoms with van der Waals surface area (Å²) in [5.74, 6) is 1.00. The van der Waals surface area contributed by atoms with Crippen LogP contribution < -0.4 is 5.32 Å². The quantitative estimate of drug-likeness (QED) is 0.622. The van der Waals surface area contributed by atoms with Gasteiger partial charge in [0.15, 0.2) is 0 Å². The second-order valence-electron chi connectivity index (χ2n) is 6.65. The third kappa shape index (κ3) is 4.24. The zero-order valence-corrected chi connectivity index (χ0v) is 16.7. The minimum absolute atomic E-state index is 0.0715. The average Bonchev–Trinajstić information content (AvgIpc) is 3.14. The van der Waals surface area contributed by atoms with Crippen molar-refractivity contribution in [2.75, 3.05) is 13.7 Å². The van der Waals surface area contributed by atoms with Crippen LogP contribution in [0.15, 0.2) is 23.0 Å². The number of alkyl carbamates (subject to hydrolysis) is 1. The second-order valence-corrected chi connectivity index (χ2v) is 7.51. The number of amides is 1. The van der Waals surface area contributed by atoms with Crippen molar-refractivity contribution in [3.05, 3.63) is 28.8 Å². The fourth-order valence-electron chi connectivity index (χ4n) is 3.23. The molecule has 7 nitrogen and oxygen atoms in total. The van der Waals surface area contributed by atoms with E-state index in [4.69, 9.17) is 4.74 Å². The van der Waals surface area contributed by atoms with Gasteiger partial charge in [0.2, 0.25) is 0 Å². The van der Waals surface area contributed by atoms with Gasteiger partial charge in [-0.2, -0.15) is 0 Å². The number of nitrogens with one attached hydrogen (secondary N) is 2. The van der Waals surface area contributed by atoms with Crippen molar-refractivity contribution in [1.29, 1.82) is 0 Å². The molecule has 1 aliphatic heterocycles. The van der Waals surface area contributed by atoms with Crippen molar-refractivity contribution < 1.29 is 14.6 Å².